The van der Waals surface area contributed by atoms with Crippen molar-refractivity contribution in [2.75, 3.05) is 5.32 Å². The van der Waals surface area contributed by atoms with Crippen LogP contribution in [0.4, 0.5) is 11.5 Å². The summed E-state index contributed by atoms with van der Waals surface area (Å²) >= 11 is 3.36. The molecule has 0 aliphatic carbocycles. The first-order chi connectivity index (χ1) is 9.13. The van der Waals surface area contributed by atoms with E-state index in [0.717, 1.165) is 28.1 Å². The maximum Gasteiger partial charge on any atom is 0.135 e. The first-order valence-electron chi connectivity index (χ1n) is 5.94. The van der Waals surface area contributed by atoms with Gasteiger partial charge in [-0.2, -0.15) is 5.26 Å². The van der Waals surface area contributed by atoms with Crippen molar-refractivity contribution in [1.82, 2.24) is 9.97 Å². The van der Waals surface area contributed by atoms with Gasteiger partial charge in [0, 0.05) is 12.5 Å². The van der Waals surface area contributed by atoms with Crippen molar-refractivity contribution in [2.24, 2.45) is 0 Å². The number of nitriles is 1. The van der Waals surface area contributed by atoms with Crippen molar-refractivity contribution < 1.29 is 0 Å². The van der Waals surface area contributed by atoms with Gasteiger partial charge in [0.2, 0.25) is 0 Å². The lowest BCUT2D eigenvalue weighted by atomic mass is 10.1. The molecule has 0 saturated carbocycles. The van der Waals surface area contributed by atoms with Gasteiger partial charge < -0.3 is 5.32 Å². The van der Waals surface area contributed by atoms with E-state index in [2.05, 4.69) is 37.3 Å². The van der Waals surface area contributed by atoms with E-state index in [1.807, 2.05) is 32.0 Å². The molecule has 0 atom stereocenters. The zero-order valence-corrected chi connectivity index (χ0v) is 12.3. The van der Waals surface area contributed by atoms with Gasteiger partial charge in [-0.25, -0.2) is 9.97 Å². The molecule has 19 heavy (non-hydrogen) atoms. The van der Waals surface area contributed by atoms with Gasteiger partial charge >= 0.3 is 0 Å². The van der Waals surface area contributed by atoms with Crippen LogP contribution in [0.2, 0.25) is 0 Å². The van der Waals surface area contributed by atoms with Gasteiger partial charge in [-0.05, 0) is 34.5 Å². The van der Waals surface area contributed by atoms with E-state index in [1.54, 1.807) is 6.07 Å². The SMILES string of the molecule is CCc1nc(Br)cc(Nc2cccc(C)c2C#N)n1. The van der Waals surface area contributed by atoms with Crippen LogP contribution in [0.5, 0.6) is 0 Å². The second-order valence-corrected chi connectivity index (χ2v) is 4.89. The normalized spacial score (nSPS) is 10.0. The highest BCUT2D eigenvalue weighted by atomic mass is 79.9. The summed E-state index contributed by atoms with van der Waals surface area (Å²) in [5.74, 6) is 1.43. The molecule has 4 nitrogen and oxygen atoms in total. The molecular formula is C14H13BrN4. The molecule has 1 aromatic carbocycles. The molecule has 1 N–H and O–H groups in total. The predicted molar refractivity (Wildman–Crippen MR) is 78.3 cm³/mol. The molecule has 0 amide bonds. The number of rotatable bonds is 3. The fraction of sp³-hybridized carbons (Fsp3) is 0.214. The second kappa shape index (κ2) is 5.81. The molecule has 0 bridgehead atoms. The highest BCUT2D eigenvalue weighted by Crippen LogP contribution is 2.23. The summed E-state index contributed by atoms with van der Waals surface area (Å²) in [5, 5.41) is 12.4. The molecule has 2 aromatic rings. The molecule has 5 heteroatoms. The van der Waals surface area contributed by atoms with Crippen LogP contribution in [0, 0.1) is 18.3 Å². The number of aryl methyl sites for hydroxylation is 2. The van der Waals surface area contributed by atoms with Gasteiger partial charge in [0.25, 0.3) is 0 Å². The van der Waals surface area contributed by atoms with Crippen molar-refractivity contribution in [3.63, 3.8) is 0 Å². The van der Waals surface area contributed by atoms with E-state index in [1.165, 1.54) is 0 Å². The topological polar surface area (TPSA) is 61.6 Å². The summed E-state index contributed by atoms with van der Waals surface area (Å²) in [6, 6.07) is 9.70. The number of anilines is 2. The van der Waals surface area contributed by atoms with Crippen LogP contribution in [-0.2, 0) is 6.42 Å². The Bertz CT molecular complexity index is 646. The lowest BCUT2D eigenvalue weighted by Crippen LogP contribution is -2.01. The number of aromatic nitrogens is 2. The van der Waals surface area contributed by atoms with Crippen molar-refractivity contribution in [3.05, 3.63) is 45.8 Å². The third-order valence-corrected chi connectivity index (χ3v) is 3.11. The van der Waals surface area contributed by atoms with Gasteiger partial charge in [0.15, 0.2) is 0 Å². The lowest BCUT2D eigenvalue weighted by molar-refractivity contribution is 0.931. The van der Waals surface area contributed by atoms with E-state index >= 15 is 0 Å². The number of nitrogens with zero attached hydrogens (tertiary/aromatic N) is 3. The quantitative estimate of drug-likeness (QED) is 0.876. The smallest absolute Gasteiger partial charge is 0.135 e. The van der Waals surface area contributed by atoms with Gasteiger partial charge in [-0.3, -0.25) is 0 Å². The Hall–Kier alpha value is -1.93. The summed E-state index contributed by atoms with van der Waals surface area (Å²) < 4.78 is 0.730. The monoisotopic (exact) mass is 316 g/mol. The van der Waals surface area contributed by atoms with Crippen LogP contribution in [0.3, 0.4) is 0 Å². The first-order valence-corrected chi connectivity index (χ1v) is 6.73. The second-order valence-electron chi connectivity index (χ2n) is 4.08. The Morgan fingerprint density at radius 1 is 1.37 bits per heavy atom. The molecule has 0 aliphatic rings. The fourth-order valence-electron chi connectivity index (χ4n) is 1.75. The van der Waals surface area contributed by atoms with Crippen molar-refractivity contribution in [2.45, 2.75) is 20.3 Å². The molecule has 96 valence electrons. The molecular weight excluding hydrogens is 304 g/mol. The van der Waals surface area contributed by atoms with Gasteiger partial charge in [0.05, 0.1) is 11.3 Å². The van der Waals surface area contributed by atoms with Gasteiger partial charge in [0.1, 0.15) is 22.3 Å². The third-order valence-electron chi connectivity index (χ3n) is 2.70. The maximum atomic E-state index is 9.20. The van der Waals surface area contributed by atoms with Crippen LogP contribution in [0.1, 0.15) is 23.9 Å². The number of hydrogen-bond acceptors (Lipinski definition) is 4. The van der Waals surface area contributed by atoms with E-state index in [9.17, 15) is 5.26 Å². The average Bonchev–Trinajstić information content (AvgIpc) is 2.38. The van der Waals surface area contributed by atoms with Gasteiger partial charge in [-0.15, -0.1) is 0 Å². The molecule has 2 rings (SSSR count). The summed E-state index contributed by atoms with van der Waals surface area (Å²) in [4.78, 5) is 8.65. The minimum Gasteiger partial charge on any atom is -0.339 e. The molecule has 1 heterocycles. The van der Waals surface area contributed by atoms with Crippen LogP contribution >= 0.6 is 15.9 Å². The standard InChI is InChI=1S/C14H13BrN4/c1-3-13-18-12(15)7-14(19-13)17-11-6-4-5-9(2)10(11)8-16/h4-7H,3H2,1-2H3,(H,17,18,19). The Morgan fingerprint density at radius 2 is 2.16 bits per heavy atom. The van der Waals surface area contributed by atoms with Crippen LogP contribution in [-0.4, -0.2) is 9.97 Å². The highest BCUT2D eigenvalue weighted by molar-refractivity contribution is 9.10. The Balaban J connectivity index is 2.39. The molecule has 0 radical (unpaired) electrons. The molecule has 0 spiro atoms. The number of nitrogens with one attached hydrogen (secondary N) is 1. The molecule has 0 fully saturated rings. The largest absolute Gasteiger partial charge is 0.339 e. The molecule has 0 aliphatic heterocycles. The van der Waals surface area contributed by atoms with Crippen LogP contribution < -0.4 is 5.32 Å². The predicted octanol–water partition coefficient (Wildman–Crippen LogP) is 3.73. The minimum atomic E-state index is 0.635. The lowest BCUT2D eigenvalue weighted by Gasteiger charge is -2.10. The summed E-state index contributed by atoms with van der Waals surface area (Å²) in [6.45, 7) is 3.91. The summed E-state index contributed by atoms with van der Waals surface area (Å²) in [7, 11) is 0. The Kier molecular flexibility index (Phi) is 4.13. The van der Waals surface area contributed by atoms with Crippen molar-refractivity contribution in [1.29, 1.82) is 5.26 Å². The third kappa shape index (κ3) is 3.09. The van der Waals surface area contributed by atoms with Crippen LogP contribution in [0.15, 0.2) is 28.9 Å². The zero-order chi connectivity index (χ0) is 13.8. The molecule has 0 saturated heterocycles. The van der Waals surface area contributed by atoms with E-state index < -0.39 is 0 Å². The van der Waals surface area contributed by atoms with E-state index in [-0.39, 0.29) is 0 Å². The highest BCUT2D eigenvalue weighted by Gasteiger charge is 2.07. The summed E-state index contributed by atoms with van der Waals surface area (Å²) in [6.07, 6.45) is 0.757. The minimum absolute atomic E-state index is 0.635. The number of benzene rings is 1. The summed E-state index contributed by atoms with van der Waals surface area (Å²) in [5.41, 5.74) is 2.33. The van der Waals surface area contributed by atoms with Gasteiger partial charge in [-0.1, -0.05) is 19.1 Å². The van der Waals surface area contributed by atoms with E-state index in [0.29, 0.717) is 11.4 Å². The Morgan fingerprint density at radius 3 is 2.84 bits per heavy atom. The average molecular weight is 317 g/mol. The number of hydrogen-bond donors (Lipinski definition) is 1. The first kappa shape index (κ1) is 13.5. The number of halogens is 1. The fourth-order valence-corrected chi connectivity index (χ4v) is 2.17. The maximum absolute atomic E-state index is 9.20. The van der Waals surface area contributed by atoms with Crippen LogP contribution in [0.25, 0.3) is 0 Å². The zero-order valence-electron chi connectivity index (χ0n) is 10.7. The Labute approximate surface area is 120 Å². The van der Waals surface area contributed by atoms with E-state index in [4.69, 9.17) is 0 Å². The molecule has 1 aromatic heterocycles. The van der Waals surface area contributed by atoms with Crippen molar-refractivity contribution >= 4 is 27.4 Å². The van der Waals surface area contributed by atoms with Crippen molar-refractivity contribution in [3.8, 4) is 6.07 Å². The molecule has 0 unspecified atom stereocenters.